The molecular formula is C9H11N5. The van der Waals surface area contributed by atoms with E-state index < -0.39 is 0 Å². The van der Waals surface area contributed by atoms with Crippen LogP contribution in [-0.2, 0) is 6.54 Å². The van der Waals surface area contributed by atoms with Gasteiger partial charge in [0.05, 0.1) is 0 Å². The summed E-state index contributed by atoms with van der Waals surface area (Å²) in [5.41, 5.74) is 7.34. The number of benzene rings is 1. The lowest BCUT2D eigenvalue weighted by molar-refractivity contribution is 0.631. The van der Waals surface area contributed by atoms with E-state index in [1.807, 2.05) is 31.2 Å². The van der Waals surface area contributed by atoms with E-state index in [-0.39, 0.29) is 0 Å². The van der Waals surface area contributed by atoms with Crippen molar-refractivity contribution < 1.29 is 0 Å². The van der Waals surface area contributed by atoms with Crippen LogP contribution in [0.2, 0.25) is 0 Å². The summed E-state index contributed by atoms with van der Waals surface area (Å²) in [6.45, 7) is 2.74. The van der Waals surface area contributed by atoms with E-state index in [4.69, 9.17) is 5.73 Å². The monoisotopic (exact) mass is 189 g/mol. The number of nitrogens with zero attached hydrogens (tertiary/aromatic N) is 4. The normalized spacial score (nSPS) is 10.4. The number of rotatable bonds is 2. The van der Waals surface area contributed by atoms with Gasteiger partial charge in [0.2, 0.25) is 0 Å². The minimum absolute atomic E-state index is 0.716. The lowest BCUT2D eigenvalue weighted by Gasteiger charge is -2.01. The average Bonchev–Trinajstić information content (AvgIpc) is 2.65. The van der Waals surface area contributed by atoms with Gasteiger partial charge in [-0.2, -0.15) is 0 Å². The maximum atomic E-state index is 5.68. The summed E-state index contributed by atoms with van der Waals surface area (Å²) >= 11 is 0. The fraction of sp³-hybridized carbons (Fsp3) is 0.222. The van der Waals surface area contributed by atoms with Crippen molar-refractivity contribution in [2.45, 2.75) is 13.5 Å². The molecule has 72 valence electrons. The Balaban J connectivity index is 2.49. The van der Waals surface area contributed by atoms with Gasteiger partial charge in [-0.15, -0.1) is 5.10 Å². The van der Waals surface area contributed by atoms with Crippen LogP contribution < -0.4 is 5.73 Å². The molecule has 0 fully saturated rings. The lowest BCUT2D eigenvalue weighted by atomic mass is 10.2. The molecule has 0 amide bonds. The summed E-state index contributed by atoms with van der Waals surface area (Å²) in [5.74, 6) is 0.750. The number of nitrogen functional groups attached to an aromatic ring is 1. The predicted octanol–water partition coefficient (Wildman–Crippen LogP) is 0.942. The van der Waals surface area contributed by atoms with Gasteiger partial charge in [-0.3, -0.25) is 0 Å². The molecule has 1 aromatic heterocycles. The summed E-state index contributed by atoms with van der Waals surface area (Å²) in [4.78, 5) is 0. The second-order valence-electron chi connectivity index (χ2n) is 2.94. The van der Waals surface area contributed by atoms with Crippen molar-refractivity contribution in [3.05, 3.63) is 24.3 Å². The molecule has 0 unspecified atom stereocenters. The number of hydrogen-bond donors (Lipinski definition) is 1. The molecule has 2 N–H and O–H groups in total. The topological polar surface area (TPSA) is 69.6 Å². The molecule has 1 aromatic carbocycles. The van der Waals surface area contributed by atoms with Crippen LogP contribution in [0.1, 0.15) is 6.92 Å². The summed E-state index contributed by atoms with van der Waals surface area (Å²) < 4.78 is 1.73. The number of hydrogen-bond acceptors (Lipinski definition) is 4. The Morgan fingerprint density at radius 1 is 1.43 bits per heavy atom. The lowest BCUT2D eigenvalue weighted by Crippen LogP contribution is -1.99. The van der Waals surface area contributed by atoms with E-state index in [9.17, 15) is 0 Å². The molecule has 2 aromatic rings. The highest BCUT2D eigenvalue weighted by molar-refractivity contribution is 5.60. The maximum Gasteiger partial charge on any atom is 0.182 e. The number of anilines is 1. The molecule has 1 heterocycles. The molecule has 14 heavy (non-hydrogen) atoms. The molecule has 0 bridgehead atoms. The van der Waals surface area contributed by atoms with E-state index in [0.29, 0.717) is 5.69 Å². The highest BCUT2D eigenvalue weighted by Gasteiger charge is 2.06. The largest absolute Gasteiger partial charge is 0.399 e. The molecule has 2 rings (SSSR count). The maximum absolute atomic E-state index is 5.68. The van der Waals surface area contributed by atoms with Gasteiger partial charge in [0.1, 0.15) is 0 Å². The fourth-order valence-electron chi connectivity index (χ4n) is 1.30. The van der Waals surface area contributed by atoms with Crippen molar-refractivity contribution in [3.8, 4) is 11.4 Å². The van der Waals surface area contributed by atoms with Crippen molar-refractivity contribution >= 4 is 5.69 Å². The first-order chi connectivity index (χ1) is 6.81. The molecule has 0 aliphatic carbocycles. The zero-order chi connectivity index (χ0) is 9.97. The summed E-state index contributed by atoms with van der Waals surface area (Å²) in [7, 11) is 0. The highest BCUT2D eigenvalue weighted by atomic mass is 15.5. The van der Waals surface area contributed by atoms with Gasteiger partial charge in [-0.05, 0) is 29.5 Å². The van der Waals surface area contributed by atoms with E-state index in [1.165, 1.54) is 0 Å². The zero-order valence-electron chi connectivity index (χ0n) is 7.88. The predicted molar refractivity (Wildman–Crippen MR) is 53.3 cm³/mol. The first kappa shape index (κ1) is 8.68. The fourth-order valence-corrected chi connectivity index (χ4v) is 1.30. The molecule has 0 spiro atoms. The molecule has 0 saturated heterocycles. The third-order valence-electron chi connectivity index (χ3n) is 1.98. The van der Waals surface area contributed by atoms with Crippen molar-refractivity contribution in [1.82, 2.24) is 20.2 Å². The van der Waals surface area contributed by atoms with Crippen molar-refractivity contribution in [2.75, 3.05) is 5.73 Å². The molecule has 0 aliphatic rings. The van der Waals surface area contributed by atoms with Crippen molar-refractivity contribution in [3.63, 3.8) is 0 Å². The summed E-state index contributed by atoms with van der Waals surface area (Å²) in [6, 6.07) is 7.52. The standard InChI is InChI=1S/C9H11N5/c1-2-14-9(11-12-13-14)7-4-3-5-8(10)6-7/h3-6H,2,10H2,1H3. The van der Waals surface area contributed by atoms with Gasteiger partial charge in [0.15, 0.2) is 5.82 Å². The first-order valence-electron chi connectivity index (χ1n) is 4.43. The Hall–Kier alpha value is -1.91. The Bertz CT molecular complexity index is 434. The van der Waals surface area contributed by atoms with Crippen LogP contribution in [0.5, 0.6) is 0 Å². The van der Waals surface area contributed by atoms with Crippen molar-refractivity contribution in [2.24, 2.45) is 0 Å². The van der Waals surface area contributed by atoms with Gasteiger partial charge in [-0.25, -0.2) is 4.68 Å². The summed E-state index contributed by atoms with van der Waals surface area (Å²) in [6.07, 6.45) is 0. The third kappa shape index (κ3) is 1.44. The van der Waals surface area contributed by atoms with Crippen LogP contribution >= 0.6 is 0 Å². The van der Waals surface area contributed by atoms with Gasteiger partial charge < -0.3 is 5.73 Å². The van der Waals surface area contributed by atoms with Crippen molar-refractivity contribution in [1.29, 1.82) is 0 Å². The van der Waals surface area contributed by atoms with Crippen LogP contribution in [0.3, 0.4) is 0 Å². The Kier molecular flexibility index (Phi) is 2.14. The Labute approximate surface area is 81.5 Å². The first-order valence-corrected chi connectivity index (χ1v) is 4.43. The Morgan fingerprint density at radius 3 is 3.00 bits per heavy atom. The molecule has 0 radical (unpaired) electrons. The molecule has 0 saturated carbocycles. The van der Waals surface area contributed by atoms with Gasteiger partial charge in [-0.1, -0.05) is 12.1 Å². The second kappa shape index (κ2) is 3.45. The minimum Gasteiger partial charge on any atom is -0.399 e. The van der Waals surface area contributed by atoms with Crippen LogP contribution in [0.4, 0.5) is 5.69 Å². The minimum atomic E-state index is 0.716. The second-order valence-corrected chi connectivity index (χ2v) is 2.94. The summed E-state index contributed by atoms with van der Waals surface area (Å²) in [5, 5.41) is 11.4. The zero-order valence-corrected chi connectivity index (χ0v) is 7.88. The average molecular weight is 189 g/mol. The van der Waals surface area contributed by atoms with E-state index >= 15 is 0 Å². The molecular weight excluding hydrogens is 178 g/mol. The molecule has 5 heteroatoms. The number of nitrogens with two attached hydrogens (primary N) is 1. The van der Waals surface area contributed by atoms with E-state index in [0.717, 1.165) is 17.9 Å². The number of tetrazole rings is 1. The van der Waals surface area contributed by atoms with E-state index in [1.54, 1.807) is 4.68 Å². The van der Waals surface area contributed by atoms with Crippen LogP contribution in [0.15, 0.2) is 24.3 Å². The number of aromatic nitrogens is 4. The number of aryl methyl sites for hydroxylation is 1. The smallest absolute Gasteiger partial charge is 0.182 e. The van der Waals surface area contributed by atoms with Crippen LogP contribution in [-0.4, -0.2) is 20.2 Å². The Morgan fingerprint density at radius 2 is 2.29 bits per heavy atom. The van der Waals surface area contributed by atoms with Gasteiger partial charge >= 0.3 is 0 Å². The quantitative estimate of drug-likeness (QED) is 0.714. The molecule has 5 nitrogen and oxygen atoms in total. The van der Waals surface area contributed by atoms with Gasteiger partial charge in [0, 0.05) is 17.8 Å². The third-order valence-corrected chi connectivity index (χ3v) is 1.98. The van der Waals surface area contributed by atoms with E-state index in [2.05, 4.69) is 15.5 Å². The SMILES string of the molecule is CCn1nnnc1-c1cccc(N)c1. The van der Waals surface area contributed by atoms with Crippen LogP contribution in [0.25, 0.3) is 11.4 Å². The highest BCUT2D eigenvalue weighted by Crippen LogP contribution is 2.17. The van der Waals surface area contributed by atoms with Gasteiger partial charge in [0.25, 0.3) is 0 Å². The molecule has 0 atom stereocenters. The molecule has 0 aliphatic heterocycles. The van der Waals surface area contributed by atoms with Crippen LogP contribution in [0, 0.1) is 0 Å².